The maximum absolute atomic E-state index is 13.4. The molecule has 4 heterocycles. The van der Waals surface area contributed by atoms with Crippen LogP contribution in [0.1, 0.15) is 35.6 Å². The molecular formula is C29H28N4O5. The maximum Gasteiger partial charge on any atom is 0.343 e. The Kier molecular flexibility index (Phi) is 5.61. The number of fused-ring (bicyclic) bond motifs is 5. The van der Waals surface area contributed by atoms with E-state index < -0.39 is 11.6 Å². The normalized spacial score (nSPS) is 17.5. The highest BCUT2D eigenvalue weighted by Gasteiger charge is 2.45. The monoisotopic (exact) mass is 512 g/mol. The molecule has 0 unspecified atom stereocenters. The predicted octanol–water partition coefficient (Wildman–Crippen LogP) is 3.33. The molecule has 0 fully saturated rings. The van der Waals surface area contributed by atoms with Crippen LogP contribution in [0.4, 0.5) is 11.4 Å². The molecule has 4 N–H and O–H groups in total. The molecule has 2 aliphatic heterocycles. The average molecular weight is 513 g/mol. The third-order valence-corrected chi connectivity index (χ3v) is 7.52. The van der Waals surface area contributed by atoms with Crippen molar-refractivity contribution in [3.8, 4) is 17.1 Å². The molecule has 2 aromatic heterocycles. The Balaban J connectivity index is 1.39. The van der Waals surface area contributed by atoms with E-state index in [4.69, 9.17) is 20.2 Å². The van der Waals surface area contributed by atoms with Crippen molar-refractivity contribution in [2.45, 2.75) is 38.5 Å². The summed E-state index contributed by atoms with van der Waals surface area (Å²) in [5.41, 5.74) is 10.1. The van der Waals surface area contributed by atoms with Gasteiger partial charge in [-0.05, 0) is 54.8 Å². The molecule has 0 saturated carbocycles. The van der Waals surface area contributed by atoms with Crippen LogP contribution < -0.4 is 21.3 Å². The minimum absolute atomic E-state index is 0.0985. The number of nitrogens with one attached hydrogen (secondary N) is 1. The van der Waals surface area contributed by atoms with Crippen molar-refractivity contribution in [2.75, 3.05) is 24.7 Å². The van der Waals surface area contributed by atoms with Crippen LogP contribution in [0, 0.1) is 0 Å². The topological polar surface area (TPSA) is 129 Å². The fourth-order valence-corrected chi connectivity index (χ4v) is 5.39. The van der Waals surface area contributed by atoms with Crippen molar-refractivity contribution in [1.82, 2.24) is 9.55 Å². The van der Waals surface area contributed by atoms with Crippen LogP contribution in [0.3, 0.4) is 0 Å². The highest BCUT2D eigenvalue weighted by molar-refractivity contribution is 5.96. The van der Waals surface area contributed by atoms with Crippen molar-refractivity contribution in [2.24, 2.45) is 0 Å². The maximum atomic E-state index is 13.4. The molecule has 0 saturated heterocycles. The van der Waals surface area contributed by atoms with Gasteiger partial charge < -0.3 is 30.2 Å². The van der Waals surface area contributed by atoms with Gasteiger partial charge in [0.15, 0.2) is 5.60 Å². The second-order valence-corrected chi connectivity index (χ2v) is 9.76. The number of aliphatic hydroxyl groups is 1. The molecule has 2 aliphatic rings. The first-order chi connectivity index (χ1) is 18.3. The van der Waals surface area contributed by atoms with E-state index in [1.807, 2.05) is 42.5 Å². The number of hydrogen-bond donors (Lipinski definition) is 3. The van der Waals surface area contributed by atoms with Crippen LogP contribution in [0.25, 0.3) is 22.3 Å². The first-order valence-corrected chi connectivity index (χ1v) is 12.6. The molecule has 194 valence electrons. The lowest BCUT2D eigenvalue weighted by molar-refractivity contribution is -0.172. The number of rotatable bonds is 6. The van der Waals surface area contributed by atoms with E-state index in [0.29, 0.717) is 41.3 Å². The fraction of sp³-hybridized carbons (Fsp3) is 0.276. The zero-order valence-electron chi connectivity index (χ0n) is 21.2. The second-order valence-electron chi connectivity index (χ2n) is 9.76. The van der Waals surface area contributed by atoms with Crippen molar-refractivity contribution < 1.29 is 19.4 Å². The number of aromatic nitrogens is 2. The average Bonchev–Trinajstić information content (AvgIpc) is 3.28. The van der Waals surface area contributed by atoms with E-state index in [2.05, 4.69) is 5.32 Å². The number of pyridine rings is 2. The van der Waals surface area contributed by atoms with Crippen molar-refractivity contribution >= 4 is 28.2 Å². The van der Waals surface area contributed by atoms with Crippen molar-refractivity contribution in [3.63, 3.8) is 0 Å². The van der Waals surface area contributed by atoms with Crippen LogP contribution in [-0.4, -0.2) is 34.3 Å². The first-order valence-electron chi connectivity index (χ1n) is 12.6. The third-order valence-electron chi connectivity index (χ3n) is 7.52. The van der Waals surface area contributed by atoms with Gasteiger partial charge in [0.05, 0.1) is 41.8 Å². The van der Waals surface area contributed by atoms with Gasteiger partial charge in [-0.3, -0.25) is 4.79 Å². The van der Waals surface area contributed by atoms with Crippen molar-refractivity contribution in [1.29, 1.82) is 0 Å². The van der Waals surface area contributed by atoms with E-state index in [9.17, 15) is 14.7 Å². The number of nitrogens with two attached hydrogens (primary N) is 1. The third kappa shape index (κ3) is 3.69. The number of anilines is 2. The van der Waals surface area contributed by atoms with Crippen molar-refractivity contribution in [3.05, 3.63) is 81.1 Å². The fourth-order valence-electron chi connectivity index (χ4n) is 5.39. The Morgan fingerprint density at radius 3 is 2.71 bits per heavy atom. The summed E-state index contributed by atoms with van der Waals surface area (Å²) in [4.78, 5) is 30.8. The van der Waals surface area contributed by atoms with Crippen LogP contribution in [0.2, 0.25) is 0 Å². The second kappa shape index (κ2) is 8.88. The van der Waals surface area contributed by atoms with Gasteiger partial charge in [-0.15, -0.1) is 0 Å². The molecule has 4 aromatic rings. The molecule has 2 aromatic carbocycles. The molecule has 0 aliphatic carbocycles. The van der Waals surface area contributed by atoms with E-state index in [-0.39, 0.29) is 18.6 Å². The Morgan fingerprint density at radius 2 is 1.97 bits per heavy atom. The predicted molar refractivity (Wildman–Crippen MR) is 144 cm³/mol. The molecule has 0 spiro atoms. The largest absolute Gasteiger partial charge is 0.497 e. The van der Waals surface area contributed by atoms with Gasteiger partial charge in [0.1, 0.15) is 12.4 Å². The summed E-state index contributed by atoms with van der Waals surface area (Å²) in [7, 11) is 1.65. The number of cyclic esters (lactones) is 1. The summed E-state index contributed by atoms with van der Waals surface area (Å²) in [5.74, 6) is 0.0804. The highest BCUT2D eigenvalue weighted by Crippen LogP contribution is 2.39. The quantitative estimate of drug-likeness (QED) is 0.233. The summed E-state index contributed by atoms with van der Waals surface area (Å²) in [6.07, 6.45) is 0.891. The van der Waals surface area contributed by atoms with Gasteiger partial charge in [0, 0.05) is 28.7 Å². The molecule has 1 atom stereocenters. The van der Waals surface area contributed by atoms with Gasteiger partial charge in [0.2, 0.25) is 0 Å². The summed E-state index contributed by atoms with van der Waals surface area (Å²) in [5, 5.41) is 15.4. The molecule has 0 radical (unpaired) electrons. The number of nitrogen functional groups attached to an aromatic ring is 1. The molecule has 0 amide bonds. The minimum atomic E-state index is -1.86. The van der Waals surface area contributed by atoms with Gasteiger partial charge >= 0.3 is 5.97 Å². The van der Waals surface area contributed by atoms with E-state index >= 15 is 0 Å². The Bertz CT molecular complexity index is 1660. The van der Waals surface area contributed by atoms with Crippen LogP contribution in [0.15, 0.2) is 53.3 Å². The number of carbonyl (C=O) groups excluding carboxylic acids is 1. The number of carbonyl (C=O) groups is 1. The number of nitrogens with zero attached hydrogens (tertiary/aromatic N) is 2. The van der Waals surface area contributed by atoms with Crippen LogP contribution >= 0.6 is 0 Å². The van der Waals surface area contributed by atoms with Crippen LogP contribution in [-0.2, 0) is 34.7 Å². The number of methoxy groups -OCH3 is 1. The summed E-state index contributed by atoms with van der Waals surface area (Å²) >= 11 is 0. The lowest BCUT2D eigenvalue weighted by atomic mass is 9.86. The van der Waals surface area contributed by atoms with Gasteiger partial charge in [0.25, 0.3) is 5.56 Å². The van der Waals surface area contributed by atoms with Gasteiger partial charge in [-0.25, -0.2) is 9.78 Å². The molecular weight excluding hydrogens is 484 g/mol. The standard InChI is InChI=1S/C29H28N4O5/c1-3-29(36)22-13-24-26-18(14-33(24)27(34)21(22)15-38-28(29)35)10-17-11-19(30)12-23(25(17)32-26)31-9-8-16-4-6-20(37-2)7-5-16/h4-7,10-13,31,36H,3,8-9,14-15,30H2,1-2H3/t29-/m0/s1. The number of hydrogen-bond acceptors (Lipinski definition) is 8. The lowest BCUT2D eigenvalue weighted by Gasteiger charge is -2.31. The van der Waals surface area contributed by atoms with Gasteiger partial charge in [-0.2, -0.15) is 0 Å². The molecule has 6 rings (SSSR count). The van der Waals surface area contributed by atoms with E-state index in [1.165, 1.54) is 5.56 Å². The van der Waals surface area contributed by atoms with Gasteiger partial charge in [-0.1, -0.05) is 19.1 Å². The van der Waals surface area contributed by atoms with Crippen LogP contribution in [0.5, 0.6) is 5.75 Å². The minimum Gasteiger partial charge on any atom is -0.497 e. The van der Waals surface area contributed by atoms with E-state index in [0.717, 1.165) is 34.3 Å². The Morgan fingerprint density at radius 1 is 1.18 bits per heavy atom. The molecule has 9 heteroatoms. The molecule has 38 heavy (non-hydrogen) atoms. The first kappa shape index (κ1) is 24.0. The number of benzene rings is 2. The Hall–Kier alpha value is -4.37. The lowest BCUT2D eigenvalue weighted by Crippen LogP contribution is -2.44. The smallest absolute Gasteiger partial charge is 0.343 e. The zero-order chi connectivity index (χ0) is 26.6. The highest BCUT2D eigenvalue weighted by atomic mass is 16.6. The summed E-state index contributed by atoms with van der Waals surface area (Å²) < 4.78 is 12.0. The molecule has 9 nitrogen and oxygen atoms in total. The molecule has 0 bridgehead atoms. The SMILES string of the molecule is CC[C@@]1(O)C(=O)OCc2c1cc1n(c2=O)Cc2cc3cc(N)cc(NCCc4ccc(OC)cc4)c3nc2-1. The number of ether oxygens (including phenoxy) is 2. The zero-order valence-corrected chi connectivity index (χ0v) is 21.2. The van der Waals surface area contributed by atoms with E-state index in [1.54, 1.807) is 24.7 Å². The summed E-state index contributed by atoms with van der Waals surface area (Å²) in [6, 6.07) is 15.4. The summed E-state index contributed by atoms with van der Waals surface area (Å²) in [6.45, 7) is 2.54. The Labute approximate surface area is 218 Å². The number of esters is 1.